The van der Waals surface area contributed by atoms with Crippen LogP contribution in [0.5, 0.6) is 0 Å². The predicted octanol–water partition coefficient (Wildman–Crippen LogP) is 1.74. The van der Waals surface area contributed by atoms with Crippen LogP contribution in [-0.2, 0) is 0 Å². The minimum Gasteiger partial charge on any atom is -0.368 e. The van der Waals surface area contributed by atoms with E-state index >= 15 is 0 Å². The van der Waals surface area contributed by atoms with Crippen molar-refractivity contribution in [3.05, 3.63) is 0 Å². The fourth-order valence-corrected chi connectivity index (χ4v) is 2.56. The molecule has 19 heavy (non-hydrogen) atoms. The molecule has 0 radical (unpaired) electrons. The summed E-state index contributed by atoms with van der Waals surface area (Å²) in [6.45, 7) is 4.08. The second kappa shape index (κ2) is 4.64. The molecule has 0 bridgehead atoms. The van der Waals surface area contributed by atoms with Gasteiger partial charge in [-0.05, 0) is 26.7 Å². The first-order valence-electron chi connectivity index (χ1n) is 6.80. The Kier molecular flexibility index (Phi) is 2.96. The summed E-state index contributed by atoms with van der Waals surface area (Å²) >= 11 is 0. The highest BCUT2D eigenvalue weighted by Gasteiger charge is 2.20. The van der Waals surface area contributed by atoms with Crippen molar-refractivity contribution < 1.29 is 0 Å². The van der Waals surface area contributed by atoms with Gasteiger partial charge >= 0.3 is 0 Å². The van der Waals surface area contributed by atoms with Gasteiger partial charge in [0.25, 0.3) is 0 Å². The summed E-state index contributed by atoms with van der Waals surface area (Å²) in [6.07, 6.45) is 4.87. The zero-order valence-corrected chi connectivity index (χ0v) is 11.3. The summed E-state index contributed by atoms with van der Waals surface area (Å²) in [7, 11) is 0. The highest BCUT2D eigenvalue weighted by molar-refractivity contribution is 5.83. The van der Waals surface area contributed by atoms with Crippen molar-refractivity contribution in [2.75, 3.05) is 11.1 Å². The van der Waals surface area contributed by atoms with Crippen LogP contribution in [0.1, 0.15) is 45.6 Å². The number of fused-ring (bicyclic) bond motifs is 1. The summed E-state index contributed by atoms with van der Waals surface area (Å²) in [5, 5.41) is 11.8. The fraction of sp³-hybridized carbons (Fsp3) is 0.667. The van der Waals surface area contributed by atoms with Gasteiger partial charge in [0.1, 0.15) is 0 Å². The van der Waals surface area contributed by atoms with Crippen LogP contribution in [0.15, 0.2) is 0 Å². The molecule has 7 heteroatoms. The molecule has 3 rings (SSSR count). The quantitative estimate of drug-likeness (QED) is 0.874. The van der Waals surface area contributed by atoms with Crippen LogP contribution in [0.3, 0.4) is 0 Å². The largest absolute Gasteiger partial charge is 0.368 e. The molecule has 0 saturated heterocycles. The van der Waals surface area contributed by atoms with E-state index in [-0.39, 0.29) is 12.0 Å². The van der Waals surface area contributed by atoms with E-state index in [9.17, 15) is 0 Å². The second-order valence-corrected chi connectivity index (χ2v) is 5.36. The first kappa shape index (κ1) is 12.1. The Morgan fingerprint density at radius 3 is 2.68 bits per heavy atom. The SMILES string of the molecule is CC(C)n1nnc2c(NC3CCCC3)nc(N)nc21. The number of nitrogen functional groups attached to an aromatic ring is 1. The van der Waals surface area contributed by atoms with Crippen molar-refractivity contribution in [3.63, 3.8) is 0 Å². The summed E-state index contributed by atoms with van der Waals surface area (Å²) in [5.41, 5.74) is 7.20. The van der Waals surface area contributed by atoms with Gasteiger partial charge in [-0.2, -0.15) is 9.97 Å². The van der Waals surface area contributed by atoms with Crippen LogP contribution < -0.4 is 11.1 Å². The van der Waals surface area contributed by atoms with Gasteiger partial charge < -0.3 is 11.1 Å². The van der Waals surface area contributed by atoms with Gasteiger partial charge in [0.2, 0.25) is 5.95 Å². The number of hydrogen-bond acceptors (Lipinski definition) is 6. The number of anilines is 2. The van der Waals surface area contributed by atoms with E-state index in [0.717, 1.165) is 0 Å². The van der Waals surface area contributed by atoms with Gasteiger partial charge in [-0.3, -0.25) is 0 Å². The minimum absolute atomic E-state index is 0.193. The van der Waals surface area contributed by atoms with Crippen molar-refractivity contribution in [1.82, 2.24) is 25.0 Å². The predicted molar refractivity (Wildman–Crippen MR) is 73.8 cm³/mol. The van der Waals surface area contributed by atoms with E-state index in [1.807, 2.05) is 13.8 Å². The molecular formula is C12H19N7. The van der Waals surface area contributed by atoms with E-state index in [0.29, 0.717) is 23.0 Å². The number of hydrogen-bond donors (Lipinski definition) is 2. The highest BCUT2D eigenvalue weighted by atomic mass is 15.5. The molecule has 0 aliphatic heterocycles. The molecule has 0 spiro atoms. The third kappa shape index (κ3) is 2.20. The summed E-state index contributed by atoms with van der Waals surface area (Å²) < 4.78 is 1.77. The van der Waals surface area contributed by atoms with E-state index in [1.165, 1.54) is 25.7 Å². The molecule has 3 N–H and O–H groups in total. The van der Waals surface area contributed by atoms with Crippen molar-refractivity contribution in [3.8, 4) is 0 Å². The normalized spacial score (nSPS) is 16.6. The van der Waals surface area contributed by atoms with Crippen molar-refractivity contribution in [2.24, 2.45) is 0 Å². The molecule has 0 aromatic carbocycles. The Bertz CT molecular complexity index is 583. The van der Waals surface area contributed by atoms with Crippen LogP contribution in [0.25, 0.3) is 11.2 Å². The molecule has 2 heterocycles. The lowest BCUT2D eigenvalue weighted by molar-refractivity contribution is 0.526. The Labute approximate surface area is 111 Å². The van der Waals surface area contributed by atoms with E-state index in [4.69, 9.17) is 5.73 Å². The molecule has 1 aliphatic rings. The third-order valence-electron chi connectivity index (χ3n) is 3.53. The van der Waals surface area contributed by atoms with Gasteiger partial charge in [-0.15, -0.1) is 5.10 Å². The summed E-state index contributed by atoms with van der Waals surface area (Å²) in [5.74, 6) is 0.971. The van der Waals surface area contributed by atoms with Crippen LogP contribution in [0.4, 0.5) is 11.8 Å². The number of nitrogens with zero attached hydrogens (tertiary/aromatic N) is 5. The molecule has 102 valence electrons. The number of nitrogens with one attached hydrogen (secondary N) is 1. The Morgan fingerprint density at radius 2 is 2.00 bits per heavy atom. The average Bonchev–Trinajstić information content (AvgIpc) is 2.97. The van der Waals surface area contributed by atoms with Gasteiger partial charge in [-0.25, -0.2) is 4.68 Å². The topological polar surface area (TPSA) is 94.5 Å². The van der Waals surface area contributed by atoms with Gasteiger partial charge in [0.05, 0.1) is 6.04 Å². The fourth-order valence-electron chi connectivity index (χ4n) is 2.56. The summed E-state index contributed by atoms with van der Waals surface area (Å²) in [4.78, 5) is 8.53. The maximum absolute atomic E-state index is 5.80. The van der Waals surface area contributed by atoms with Crippen LogP contribution in [0, 0.1) is 0 Å². The van der Waals surface area contributed by atoms with Gasteiger partial charge in [-0.1, -0.05) is 18.1 Å². The monoisotopic (exact) mass is 261 g/mol. The lowest BCUT2D eigenvalue weighted by Crippen LogP contribution is -2.17. The molecule has 0 amide bonds. The highest BCUT2D eigenvalue weighted by Crippen LogP contribution is 2.26. The maximum atomic E-state index is 5.80. The maximum Gasteiger partial charge on any atom is 0.224 e. The second-order valence-electron chi connectivity index (χ2n) is 5.36. The third-order valence-corrected chi connectivity index (χ3v) is 3.53. The van der Waals surface area contributed by atoms with E-state index < -0.39 is 0 Å². The zero-order chi connectivity index (χ0) is 13.4. The van der Waals surface area contributed by atoms with Crippen LogP contribution >= 0.6 is 0 Å². The van der Waals surface area contributed by atoms with E-state index in [1.54, 1.807) is 4.68 Å². The van der Waals surface area contributed by atoms with Crippen molar-refractivity contribution >= 4 is 22.9 Å². The minimum atomic E-state index is 0.193. The standard InChI is InChI=1S/C12H19N7/c1-7(2)19-11-9(17-18-19)10(15-12(13)16-11)14-8-5-3-4-6-8/h7-8H,3-6H2,1-2H3,(H3,13,14,15,16). The molecule has 0 atom stereocenters. The van der Waals surface area contributed by atoms with E-state index in [2.05, 4.69) is 25.6 Å². The molecule has 1 fully saturated rings. The number of nitrogens with two attached hydrogens (primary N) is 1. The molecule has 1 saturated carbocycles. The van der Waals surface area contributed by atoms with Gasteiger partial charge in [0, 0.05) is 6.04 Å². The first-order valence-corrected chi connectivity index (χ1v) is 6.80. The smallest absolute Gasteiger partial charge is 0.224 e. The van der Waals surface area contributed by atoms with Gasteiger partial charge in [0.15, 0.2) is 17.0 Å². The van der Waals surface area contributed by atoms with Crippen LogP contribution in [-0.4, -0.2) is 31.0 Å². The van der Waals surface area contributed by atoms with Crippen molar-refractivity contribution in [2.45, 2.75) is 51.6 Å². The molecule has 2 aromatic heterocycles. The lowest BCUT2D eigenvalue weighted by atomic mass is 10.2. The molecule has 2 aromatic rings. The van der Waals surface area contributed by atoms with Crippen molar-refractivity contribution in [1.29, 1.82) is 0 Å². The number of rotatable bonds is 3. The number of aromatic nitrogens is 5. The molecule has 0 unspecified atom stereocenters. The molecular weight excluding hydrogens is 242 g/mol. The lowest BCUT2D eigenvalue weighted by Gasteiger charge is -2.13. The Morgan fingerprint density at radius 1 is 1.26 bits per heavy atom. The van der Waals surface area contributed by atoms with Crippen LogP contribution in [0.2, 0.25) is 0 Å². The molecule has 1 aliphatic carbocycles. The average molecular weight is 261 g/mol. The summed E-state index contributed by atoms with van der Waals surface area (Å²) in [6, 6.07) is 0.653. The first-order chi connectivity index (χ1) is 9.15. The zero-order valence-electron chi connectivity index (χ0n) is 11.3. The Hall–Kier alpha value is -1.92. The Balaban J connectivity index is 2.03. The molecule has 7 nitrogen and oxygen atoms in total.